The molecule has 0 saturated heterocycles. The molecule has 1 heterocycles. The lowest BCUT2D eigenvalue weighted by Crippen LogP contribution is -2.20. The fourth-order valence-corrected chi connectivity index (χ4v) is 2.56. The van der Waals surface area contributed by atoms with Crippen LogP contribution in [0.3, 0.4) is 0 Å². The Bertz CT molecular complexity index is 611. The average molecular weight is 292 g/mol. The third-order valence-corrected chi connectivity index (χ3v) is 3.83. The summed E-state index contributed by atoms with van der Waals surface area (Å²) in [7, 11) is 1.23. The second kappa shape index (κ2) is 5.16. The Morgan fingerprint density at radius 2 is 2.00 bits per heavy atom. The zero-order valence-electron chi connectivity index (χ0n) is 11.9. The summed E-state index contributed by atoms with van der Waals surface area (Å²) >= 11 is 0. The van der Waals surface area contributed by atoms with E-state index in [1.165, 1.54) is 19.4 Å². The van der Waals surface area contributed by atoms with E-state index in [9.17, 15) is 14.4 Å². The topological polar surface area (TPSA) is 106 Å². The fraction of sp³-hybridized carbons (Fsp3) is 0.429. The number of rotatable bonds is 4. The first-order chi connectivity index (χ1) is 9.80. The van der Waals surface area contributed by atoms with E-state index < -0.39 is 35.1 Å². The van der Waals surface area contributed by atoms with Gasteiger partial charge in [0.15, 0.2) is 0 Å². The van der Waals surface area contributed by atoms with Crippen LogP contribution in [0.15, 0.2) is 18.3 Å². The highest BCUT2D eigenvalue weighted by Gasteiger charge is 2.66. The molecule has 2 N–H and O–H groups in total. The summed E-state index contributed by atoms with van der Waals surface area (Å²) in [4.78, 5) is 38.8. The lowest BCUT2D eigenvalue weighted by atomic mass is 10.1. The first-order valence-corrected chi connectivity index (χ1v) is 6.37. The molecule has 2 rings (SSSR count). The number of esters is 1. The van der Waals surface area contributed by atoms with Gasteiger partial charge in [-0.05, 0) is 17.5 Å². The molecule has 1 fully saturated rings. The summed E-state index contributed by atoms with van der Waals surface area (Å²) in [5.41, 5.74) is -0.491. The summed E-state index contributed by atoms with van der Waals surface area (Å²) < 4.78 is 4.61. The van der Waals surface area contributed by atoms with Gasteiger partial charge in [0.05, 0.1) is 18.9 Å². The van der Waals surface area contributed by atoms with E-state index in [1.807, 2.05) is 0 Å². The normalized spacial score (nSPS) is 22.2. The van der Waals surface area contributed by atoms with Gasteiger partial charge in [0.25, 0.3) is 0 Å². The molecule has 7 nitrogen and oxygen atoms in total. The second-order valence-corrected chi connectivity index (χ2v) is 5.50. The lowest BCUT2D eigenvalue weighted by molar-refractivity contribution is -0.140. The molecule has 1 saturated carbocycles. The van der Waals surface area contributed by atoms with Gasteiger partial charge in [-0.2, -0.15) is 0 Å². The number of nitrogens with one attached hydrogen (secondary N) is 1. The van der Waals surface area contributed by atoms with Gasteiger partial charge in [0.1, 0.15) is 11.4 Å². The highest BCUT2D eigenvalue weighted by atomic mass is 16.5. The summed E-state index contributed by atoms with van der Waals surface area (Å²) in [6.45, 7) is 3.44. The maximum absolute atomic E-state index is 12.2. The van der Waals surface area contributed by atoms with E-state index >= 15 is 0 Å². The number of nitrogens with zero attached hydrogens (tertiary/aromatic N) is 1. The Morgan fingerprint density at radius 1 is 1.33 bits per heavy atom. The number of hydrogen-bond acceptors (Lipinski definition) is 5. The summed E-state index contributed by atoms with van der Waals surface area (Å²) in [5.74, 6) is -3.40. The number of carboxylic acid groups (broad SMARTS) is 1. The van der Waals surface area contributed by atoms with Crippen LogP contribution in [0.4, 0.5) is 5.82 Å². The first kappa shape index (κ1) is 15.0. The Hall–Kier alpha value is -2.44. The van der Waals surface area contributed by atoms with E-state index in [1.54, 1.807) is 19.9 Å². The Morgan fingerprint density at radius 3 is 2.52 bits per heavy atom. The van der Waals surface area contributed by atoms with E-state index in [0.29, 0.717) is 0 Å². The maximum atomic E-state index is 12.2. The number of methoxy groups -OCH3 is 1. The molecular formula is C14H16N2O5. The van der Waals surface area contributed by atoms with E-state index in [0.717, 1.165) is 0 Å². The van der Waals surface area contributed by atoms with Crippen molar-refractivity contribution in [3.63, 3.8) is 0 Å². The number of pyridine rings is 1. The molecule has 1 aromatic heterocycles. The maximum Gasteiger partial charge on any atom is 0.341 e. The van der Waals surface area contributed by atoms with Crippen molar-refractivity contribution in [3.8, 4) is 0 Å². The van der Waals surface area contributed by atoms with Crippen LogP contribution < -0.4 is 5.32 Å². The van der Waals surface area contributed by atoms with Gasteiger partial charge in [-0.25, -0.2) is 9.78 Å². The number of carbonyl (C=O) groups is 3. The number of ether oxygens (including phenoxy) is 1. The molecule has 0 unspecified atom stereocenters. The van der Waals surface area contributed by atoms with E-state index in [2.05, 4.69) is 15.0 Å². The number of aliphatic carboxylic acids is 1. The predicted molar refractivity (Wildman–Crippen MR) is 72.6 cm³/mol. The van der Waals surface area contributed by atoms with Gasteiger partial charge in [0, 0.05) is 6.20 Å². The van der Waals surface area contributed by atoms with Crippen molar-refractivity contribution in [2.45, 2.75) is 13.8 Å². The zero-order chi connectivity index (χ0) is 15.8. The van der Waals surface area contributed by atoms with Crippen molar-refractivity contribution in [2.24, 2.45) is 17.3 Å². The highest BCUT2D eigenvalue weighted by molar-refractivity contribution is 6.03. The quantitative estimate of drug-likeness (QED) is 0.807. The predicted octanol–water partition coefficient (Wildman–Crippen LogP) is 1.16. The molecule has 0 aromatic carbocycles. The number of hydrogen-bond donors (Lipinski definition) is 2. The molecule has 2 atom stereocenters. The molecule has 0 radical (unpaired) electrons. The van der Waals surface area contributed by atoms with E-state index in [4.69, 9.17) is 5.11 Å². The third-order valence-electron chi connectivity index (χ3n) is 3.83. The Balaban J connectivity index is 2.19. The van der Waals surface area contributed by atoms with Crippen LogP contribution in [0.2, 0.25) is 0 Å². The van der Waals surface area contributed by atoms with Gasteiger partial charge in [0.2, 0.25) is 5.91 Å². The van der Waals surface area contributed by atoms with E-state index in [-0.39, 0.29) is 11.4 Å². The number of carboxylic acids is 1. The molecule has 1 amide bonds. The van der Waals surface area contributed by atoms with Crippen molar-refractivity contribution in [2.75, 3.05) is 12.4 Å². The average Bonchev–Trinajstić information content (AvgIpc) is 3.02. The molecule has 1 aromatic rings. The van der Waals surface area contributed by atoms with Gasteiger partial charge in [-0.3, -0.25) is 9.59 Å². The van der Waals surface area contributed by atoms with Crippen LogP contribution in [-0.4, -0.2) is 35.0 Å². The number of aromatic nitrogens is 1. The van der Waals surface area contributed by atoms with Crippen molar-refractivity contribution in [1.82, 2.24) is 4.98 Å². The van der Waals surface area contributed by atoms with Gasteiger partial charge in [-0.15, -0.1) is 0 Å². The van der Waals surface area contributed by atoms with Gasteiger partial charge < -0.3 is 15.2 Å². The third kappa shape index (κ3) is 2.58. The molecule has 0 spiro atoms. The Labute approximate surface area is 121 Å². The molecule has 1 aliphatic rings. The first-order valence-electron chi connectivity index (χ1n) is 6.37. The summed E-state index contributed by atoms with van der Waals surface area (Å²) in [6, 6.07) is 3.02. The largest absolute Gasteiger partial charge is 0.481 e. The summed E-state index contributed by atoms with van der Waals surface area (Å²) in [6.07, 6.45) is 1.43. The monoisotopic (exact) mass is 292 g/mol. The van der Waals surface area contributed by atoms with Crippen LogP contribution in [0, 0.1) is 17.3 Å². The minimum Gasteiger partial charge on any atom is -0.481 e. The molecule has 0 aliphatic heterocycles. The number of anilines is 1. The van der Waals surface area contributed by atoms with Crippen molar-refractivity contribution in [3.05, 3.63) is 23.9 Å². The lowest BCUT2D eigenvalue weighted by Gasteiger charge is -2.08. The Kier molecular flexibility index (Phi) is 3.67. The standard InChI is InChI=1S/C14H16N2O5/c1-14(2)8(9(14)12(18)19)11(17)16-10-7(13(20)21-3)5-4-6-15-10/h4-6,8-9H,1-3H3,(H,18,19)(H,15,16,17)/t8-,9-/m0/s1. The smallest absolute Gasteiger partial charge is 0.341 e. The molecule has 7 heteroatoms. The van der Waals surface area contributed by atoms with Gasteiger partial charge >= 0.3 is 11.9 Å². The minimum atomic E-state index is -1.01. The minimum absolute atomic E-state index is 0.0705. The fourth-order valence-electron chi connectivity index (χ4n) is 2.56. The number of carbonyl (C=O) groups excluding carboxylic acids is 2. The molecular weight excluding hydrogens is 276 g/mol. The molecule has 112 valence electrons. The van der Waals surface area contributed by atoms with Crippen molar-refractivity contribution < 1.29 is 24.2 Å². The van der Waals surface area contributed by atoms with Crippen LogP contribution in [0.5, 0.6) is 0 Å². The van der Waals surface area contributed by atoms with Crippen LogP contribution in [-0.2, 0) is 14.3 Å². The highest BCUT2D eigenvalue weighted by Crippen LogP contribution is 2.58. The van der Waals surface area contributed by atoms with Crippen LogP contribution in [0.25, 0.3) is 0 Å². The van der Waals surface area contributed by atoms with Crippen molar-refractivity contribution in [1.29, 1.82) is 0 Å². The molecule has 21 heavy (non-hydrogen) atoms. The summed E-state index contributed by atoms with van der Waals surface area (Å²) in [5, 5.41) is 11.6. The SMILES string of the molecule is COC(=O)c1cccnc1NC(=O)[C@@H]1[C@@H](C(=O)O)C1(C)C. The molecule has 0 bridgehead atoms. The second-order valence-electron chi connectivity index (χ2n) is 5.50. The van der Waals surface area contributed by atoms with Crippen LogP contribution >= 0.6 is 0 Å². The van der Waals surface area contributed by atoms with Crippen molar-refractivity contribution >= 4 is 23.7 Å². The van der Waals surface area contributed by atoms with Gasteiger partial charge in [-0.1, -0.05) is 13.8 Å². The molecule has 1 aliphatic carbocycles. The van der Waals surface area contributed by atoms with Crippen LogP contribution in [0.1, 0.15) is 24.2 Å². The zero-order valence-corrected chi connectivity index (χ0v) is 11.9. The number of amides is 1.